The van der Waals surface area contributed by atoms with E-state index in [1.807, 2.05) is 0 Å². The Labute approximate surface area is 136 Å². The highest BCUT2D eigenvalue weighted by Crippen LogP contribution is 2.34. The largest absolute Gasteiger partial charge is 0.327 e. The zero-order valence-corrected chi connectivity index (χ0v) is 14.5. The van der Waals surface area contributed by atoms with Gasteiger partial charge in [0.05, 0.1) is 0 Å². The molecule has 2 heteroatoms. The van der Waals surface area contributed by atoms with Crippen molar-refractivity contribution in [1.82, 2.24) is 4.90 Å². The molecule has 1 saturated heterocycles. The van der Waals surface area contributed by atoms with Crippen molar-refractivity contribution in [2.45, 2.75) is 65.0 Å². The molecule has 1 aromatic rings. The molecule has 1 aromatic carbocycles. The molecular formula is C20H32N2. The smallest absolute Gasteiger partial charge is 0.0171 e. The van der Waals surface area contributed by atoms with Crippen LogP contribution in [0.1, 0.15) is 49.3 Å². The van der Waals surface area contributed by atoms with Crippen molar-refractivity contribution in [3.05, 3.63) is 34.9 Å². The van der Waals surface area contributed by atoms with Gasteiger partial charge in [-0.1, -0.05) is 24.6 Å². The van der Waals surface area contributed by atoms with Gasteiger partial charge in [0.1, 0.15) is 0 Å². The molecule has 1 aliphatic carbocycles. The quantitative estimate of drug-likeness (QED) is 0.919. The van der Waals surface area contributed by atoms with E-state index in [0.29, 0.717) is 12.0 Å². The molecule has 2 nitrogen and oxygen atoms in total. The second-order valence-electron chi connectivity index (χ2n) is 7.87. The van der Waals surface area contributed by atoms with Crippen LogP contribution in [0.25, 0.3) is 0 Å². The Morgan fingerprint density at radius 2 is 1.95 bits per heavy atom. The summed E-state index contributed by atoms with van der Waals surface area (Å²) in [5, 5.41) is 0. The van der Waals surface area contributed by atoms with Crippen LogP contribution in [0.4, 0.5) is 0 Å². The van der Waals surface area contributed by atoms with E-state index in [1.54, 1.807) is 0 Å². The third-order valence-corrected chi connectivity index (χ3v) is 6.10. The number of hydrogen-bond donors (Lipinski definition) is 1. The van der Waals surface area contributed by atoms with E-state index in [1.165, 1.54) is 55.3 Å². The lowest BCUT2D eigenvalue weighted by molar-refractivity contribution is 0.0587. The van der Waals surface area contributed by atoms with Gasteiger partial charge in [-0.2, -0.15) is 0 Å². The van der Waals surface area contributed by atoms with Crippen LogP contribution in [-0.2, 0) is 6.42 Å². The molecule has 22 heavy (non-hydrogen) atoms. The van der Waals surface area contributed by atoms with Crippen LogP contribution in [0.2, 0.25) is 0 Å². The SMILES string of the molecule is Cc1ccc(CC2CC(N)CN(C(C)C3CCC3)C2)cc1C. The molecule has 3 rings (SSSR count). The summed E-state index contributed by atoms with van der Waals surface area (Å²) >= 11 is 0. The Morgan fingerprint density at radius 1 is 1.18 bits per heavy atom. The first-order chi connectivity index (χ1) is 10.5. The van der Waals surface area contributed by atoms with Gasteiger partial charge in [-0.25, -0.2) is 0 Å². The summed E-state index contributed by atoms with van der Waals surface area (Å²) in [5.74, 6) is 1.64. The van der Waals surface area contributed by atoms with Crippen LogP contribution in [0.3, 0.4) is 0 Å². The zero-order chi connectivity index (χ0) is 15.7. The summed E-state index contributed by atoms with van der Waals surface area (Å²) in [6.07, 6.45) is 6.65. The monoisotopic (exact) mass is 300 g/mol. The highest BCUT2D eigenvalue weighted by Gasteiger charge is 2.33. The molecule has 0 radical (unpaired) electrons. The lowest BCUT2D eigenvalue weighted by Gasteiger charge is -2.45. The van der Waals surface area contributed by atoms with Gasteiger partial charge in [-0.15, -0.1) is 0 Å². The molecule has 1 aliphatic heterocycles. The fourth-order valence-corrected chi connectivity index (χ4v) is 4.25. The first kappa shape index (κ1) is 16.0. The van der Waals surface area contributed by atoms with E-state index in [0.717, 1.165) is 18.5 Å². The molecule has 122 valence electrons. The number of rotatable bonds is 4. The lowest BCUT2D eigenvalue weighted by atomic mass is 9.78. The first-order valence-corrected chi connectivity index (χ1v) is 9.08. The van der Waals surface area contributed by atoms with Crippen molar-refractivity contribution in [1.29, 1.82) is 0 Å². The minimum absolute atomic E-state index is 0.354. The lowest BCUT2D eigenvalue weighted by Crippen LogP contribution is -2.53. The minimum Gasteiger partial charge on any atom is -0.327 e. The molecule has 0 spiro atoms. The number of benzene rings is 1. The van der Waals surface area contributed by atoms with Crippen molar-refractivity contribution < 1.29 is 0 Å². The molecule has 1 heterocycles. The Hall–Kier alpha value is -0.860. The Kier molecular flexibility index (Phi) is 4.89. The van der Waals surface area contributed by atoms with Crippen LogP contribution in [0, 0.1) is 25.7 Å². The van der Waals surface area contributed by atoms with Gasteiger partial charge < -0.3 is 5.73 Å². The number of piperidine rings is 1. The average Bonchev–Trinajstić information content (AvgIpc) is 2.40. The zero-order valence-electron chi connectivity index (χ0n) is 14.5. The summed E-state index contributed by atoms with van der Waals surface area (Å²) in [6.45, 7) is 9.17. The van der Waals surface area contributed by atoms with E-state index in [4.69, 9.17) is 5.73 Å². The molecular weight excluding hydrogens is 268 g/mol. The molecule has 3 unspecified atom stereocenters. The van der Waals surface area contributed by atoms with E-state index in [2.05, 4.69) is 43.9 Å². The van der Waals surface area contributed by atoms with Crippen LogP contribution >= 0.6 is 0 Å². The van der Waals surface area contributed by atoms with E-state index in [-0.39, 0.29) is 0 Å². The van der Waals surface area contributed by atoms with Gasteiger partial charge in [0.2, 0.25) is 0 Å². The van der Waals surface area contributed by atoms with Crippen molar-refractivity contribution in [2.75, 3.05) is 13.1 Å². The van der Waals surface area contributed by atoms with Gasteiger partial charge in [-0.05, 0) is 75.0 Å². The van der Waals surface area contributed by atoms with Gasteiger partial charge in [0.15, 0.2) is 0 Å². The topological polar surface area (TPSA) is 29.3 Å². The van der Waals surface area contributed by atoms with E-state index in [9.17, 15) is 0 Å². The Bertz CT molecular complexity index is 506. The second-order valence-corrected chi connectivity index (χ2v) is 7.87. The van der Waals surface area contributed by atoms with Crippen LogP contribution in [0.5, 0.6) is 0 Å². The standard InChI is InChI=1S/C20H32N2/c1-14-7-8-17(9-15(14)2)10-18-11-20(21)13-22(12-18)16(3)19-5-4-6-19/h7-9,16,18-20H,4-6,10-13,21H2,1-3H3. The number of nitrogens with two attached hydrogens (primary N) is 1. The third kappa shape index (κ3) is 3.55. The number of aryl methyl sites for hydroxylation is 2. The molecule has 2 aliphatic rings. The molecule has 2 N–H and O–H groups in total. The molecule has 0 aromatic heterocycles. The van der Waals surface area contributed by atoms with Gasteiger partial charge in [0, 0.05) is 25.2 Å². The summed E-state index contributed by atoms with van der Waals surface area (Å²) in [5.41, 5.74) is 10.7. The highest BCUT2D eigenvalue weighted by molar-refractivity contribution is 5.30. The Morgan fingerprint density at radius 3 is 2.59 bits per heavy atom. The third-order valence-electron chi connectivity index (χ3n) is 6.10. The summed E-state index contributed by atoms with van der Waals surface area (Å²) in [7, 11) is 0. The van der Waals surface area contributed by atoms with Crippen molar-refractivity contribution in [2.24, 2.45) is 17.6 Å². The van der Waals surface area contributed by atoms with E-state index >= 15 is 0 Å². The van der Waals surface area contributed by atoms with Crippen molar-refractivity contribution >= 4 is 0 Å². The van der Waals surface area contributed by atoms with Crippen molar-refractivity contribution in [3.8, 4) is 0 Å². The van der Waals surface area contributed by atoms with E-state index < -0.39 is 0 Å². The fourth-order valence-electron chi connectivity index (χ4n) is 4.25. The van der Waals surface area contributed by atoms with Crippen LogP contribution in [0.15, 0.2) is 18.2 Å². The maximum atomic E-state index is 6.38. The van der Waals surface area contributed by atoms with Gasteiger partial charge in [-0.3, -0.25) is 4.90 Å². The van der Waals surface area contributed by atoms with Crippen molar-refractivity contribution in [3.63, 3.8) is 0 Å². The normalized spacial score (nSPS) is 28.4. The van der Waals surface area contributed by atoms with Gasteiger partial charge >= 0.3 is 0 Å². The minimum atomic E-state index is 0.354. The predicted molar refractivity (Wildman–Crippen MR) is 94.1 cm³/mol. The number of nitrogens with zero attached hydrogens (tertiary/aromatic N) is 1. The van der Waals surface area contributed by atoms with Gasteiger partial charge in [0.25, 0.3) is 0 Å². The maximum Gasteiger partial charge on any atom is 0.0171 e. The average molecular weight is 300 g/mol. The molecule has 0 amide bonds. The molecule has 2 fully saturated rings. The second kappa shape index (κ2) is 6.72. The van der Waals surface area contributed by atoms with Crippen LogP contribution in [-0.4, -0.2) is 30.1 Å². The molecule has 1 saturated carbocycles. The first-order valence-electron chi connectivity index (χ1n) is 9.08. The fraction of sp³-hybridized carbons (Fsp3) is 0.700. The van der Waals surface area contributed by atoms with Crippen LogP contribution < -0.4 is 5.73 Å². The summed E-state index contributed by atoms with van der Waals surface area (Å²) in [6, 6.07) is 8.02. The molecule has 0 bridgehead atoms. The predicted octanol–water partition coefficient (Wildman–Crippen LogP) is 3.68. The Balaban J connectivity index is 1.63. The summed E-state index contributed by atoms with van der Waals surface area (Å²) in [4.78, 5) is 2.68. The molecule has 3 atom stereocenters. The maximum absolute atomic E-state index is 6.38. The summed E-state index contributed by atoms with van der Waals surface area (Å²) < 4.78 is 0. The highest BCUT2D eigenvalue weighted by atomic mass is 15.2. The number of hydrogen-bond acceptors (Lipinski definition) is 2. The number of likely N-dealkylation sites (tertiary alicyclic amines) is 1.